The highest BCUT2D eigenvalue weighted by Gasteiger charge is 2.45. The van der Waals surface area contributed by atoms with Crippen LogP contribution in [0.5, 0.6) is 0 Å². The molecule has 0 amide bonds. The molecule has 26 heavy (non-hydrogen) atoms. The van der Waals surface area contributed by atoms with Gasteiger partial charge in [-0.15, -0.1) is 0 Å². The van der Waals surface area contributed by atoms with Crippen molar-refractivity contribution in [2.75, 3.05) is 6.29 Å². The SMILES string of the molecule is Cc1ccc([P+](CN=C=O)(c2ccc(C)cc2)c2ccc(C)cc2)cc1. The van der Waals surface area contributed by atoms with Gasteiger partial charge in [-0.3, -0.25) is 0 Å². The van der Waals surface area contributed by atoms with Gasteiger partial charge >= 0.3 is 0 Å². The van der Waals surface area contributed by atoms with E-state index in [4.69, 9.17) is 0 Å². The van der Waals surface area contributed by atoms with Crippen molar-refractivity contribution in [1.29, 1.82) is 0 Å². The minimum Gasteiger partial charge on any atom is -0.211 e. The van der Waals surface area contributed by atoms with E-state index in [1.807, 2.05) is 0 Å². The summed E-state index contributed by atoms with van der Waals surface area (Å²) in [5.41, 5.74) is 3.66. The number of aryl methyl sites for hydroxylation is 3. The van der Waals surface area contributed by atoms with Gasteiger partial charge in [-0.2, -0.15) is 4.99 Å². The summed E-state index contributed by atoms with van der Waals surface area (Å²) in [4.78, 5) is 15.1. The summed E-state index contributed by atoms with van der Waals surface area (Å²) in [6, 6.07) is 25.9. The highest BCUT2D eigenvalue weighted by atomic mass is 31.2. The van der Waals surface area contributed by atoms with Crippen LogP contribution < -0.4 is 15.9 Å². The molecule has 0 saturated carbocycles. The maximum Gasteiger partial charge on any atom is 0.238 e. The number of nitrogens with zero attached hydrogens (tertiary/aromatic N) is 1. The van der Waals surface area contributed by atoms with Gasteiger partial charge in [-0.1, -0.05) is 53.1 Å². The monoisotopic (exact) mass is 360 g/mol. The molecule has 3 aromatic carbocycles. The third-order valence-electron chi connectivity index (χ3n) is 4.77. The Labute approximate surface area is 156 Å². The normalized spacial score (nSPS) is 11.0. The molecule has 2 nitrogen and oxygen atoms in total. The molecule has 3 aromatic rings. The summed E-state index contributed by atoms with van der Waals surface area (Å²) in [6.45, 7) is 6.27. The van der Waals surface area contributed by atoms with E-state index in [9.17, 15) is 4.79 Å². The van der Waals surface area contributed by atoms with E-state index >= 15 is 0 Å². The molecule has 0 radical (unpaired) electrons. The maximum absolute atomic E-state index is 11.0. The Bertz CT molecular complexity index is 811. The number of aliphatic imine (C=N–C) groups is 1. The summed E-state index contributed by atoms with van der Waals surface area (Å²) in [5, 5.41) is 3.69. The van der Waals surface area contributed by atoms with Crippen LogP contribution in [-0.4, -0.2) is 12.4 Å². The first-order chi connectivity index (χ1) is 12.6. The molecule has 0 aliphatic rings. The van der Waals surface area contributed by atoms with Crippen molar-refractivity contribution in [3.8, 4) is 0 Å². The van der Waals surface area contributed by atoms with Gasteiger partial charge in [0.2, 0.25) is 6.08 Å². The summed E-state index contributed by atoms with van der Waals surface area (Å²) < 4.78 is 0. The van der Waals surface area contributed by atoms with Crippen LogP contribution in [0.25, 0.3) is 0 Å². The van der Waals surface area contributed by atoms with Crippen molar-refractivity contribution in [3.05, 3.63) is 89.5 Å². The summed E-state index contributed by atoms with van der Waals surface area (Å²) >= 11 is 0. The van der Waals surface area contributed by atoms with Crippen molar-refractivity contribution in [3.63, 3.8) is 0 Å². The third-order valence-corrected chi connectivity index (χ3v) is 8.88. The van der Waals surface area contributed by atoms with E-state index in [1.54, 1.807) is 6.08 Å². The smallest absolute Gasteiger partial charge is 0.211 e. The summed E-state index contributed by atoms with van der Waals surface area (Å²) in [7, 11) is -2.06. The molecule has 3 rings (SSSR count). The Kier molecular flexibility index (Phi) is 5.47. The fourth-order valence-electron chi connectivity index (χ4n) is 3.22. The van der Waals surface area contributed by atoms with Crippen molar-refractivity contribution in [2.45, 2.75) is 20.8 Å². The molecule has 0 heterocycles. The van der Waals surface area contributed by atoms with Gasteiger partial charge in [0.25, 0.3) is 0 Å². The molecule has 0 fully saturated rings. The van der Waals surface area contributed by atoms with Crippen molar-refractivity contribution in [2.24, 2.45) is 4.99 Å². The average molecular weight is 360 g/mol. The topological polar surface area (TPSA) is 29.4 Å². The second-order valence-electron chi connectivity index (χ2n) is 6.71. The van der Waals surface area contributed by atoms with Crippen LogP contribution >= 0.6 is 7.26 Å². The minimum atomic E-state index is -2.06. The second-order valence-corrected chi connectivity index (χ2v) is 10.2. The van der Waals surface area contributed by atoms with Crippen molar-refractivity contribution in [1.82, 2.24) is 0 Å². The van der Waals surface area contributed by atoms with Crippen molar-refractivity contribution >= 4 is 29.3 Å². The van der Waals surface area contributed by atoms with E-state index < -0.39 is 7.26 Å². The number of rotatable bonds is 5. The lowest BCUT2D eigenvalue weighted by molar-refractivity contribution is 0.564. The highest BCUT2D eigenvalue weighted by Crippen LogP contribution is 2.55. The van der Waals surface area contributed by atoms with Gasteiger partial charge in [0, 0.05) is 0 Å². The standard InChI is InChI=1S/C23H23NOP/c1-18-4-10-21(11-5-18)26(17-24-16-25,22-12-6-19(2)7-13-22)23-14-8-20(3)9-15-23/h4-15H,17H2,1-3H3/q+1. The molecule has 0 atom stereocenters. The lowest BCUT2D eigenvalue weighted by Crippen LogP contribution is -2.33. The predicted octanol–water partition coefficient (Wildman–Crippen LogP) is 4.20. The Morgan fingerprint density at radius 2 is 0.962 bits per heavy atom. The number of isocyanates is 1. The number of carbonyl (C=O) groups excluding carboxylic acids is 1. The number of hydrogen-bond donors (Lipinski definition) is 0. The zero-order valence-corrected chi connectivity index (χ0v) is 16.3. The Morgan fingerprint density at radius 1 is 0.654 bits per heavy atom. The average Bonchev–Trinajstić information content (AvgIpc) is 2.66. The molecule has 0 N–H and O–H groups in total. The first kappa shape index (κ1) is 18.3. The van der Waals surface area contributed by atoms with Crippen LogP contribution in [0, 0.1) is 20.8 Å². The quantitative estimate of drug-likeness (QED) is 0.381. The van der Waals surface area contributed by atoms with E-state index in [0.29, 0.717) is 6.29 Å². The molecule has 0 unspecified atom stereocenters. The lowest BCUT2D eigenvalue weighted by Gasteiger charge is -2.25. The lowest BCUT2D eigenvalue weighted by atomic mass is 10.2. The first-order valence-corrected chi connectivity index (χ1v) is 10.7. The van der Waals surface area contributed by atoms with E-state index in [1.165, 1.54) is 32.6 Å². The van der Waals surface area contributed by atoms with E-state index in [0.717, 1.165) is 0 Å². The Morgan fingerprint density at radius 3 is 1.23 bits per heavy atom. The molecule has 0 bridgehead atoms. The first-order valence-electron chi connectivity index (χ1n) is 8.70. The number of benzene rings is 3. The second kappa shape index (κ2) is 7.79. The van der Waals surface area contributed by atoms with Gasteiger partial charge in [0.15, 0.2) is 6.29 Å². The van der Waals surface area contributed by atoms with Gasteiger partial charge in [0.05, 0.1) is 0 Å². The molecule has 0 saturated heterocycles. The van der Waals surface area contributed by atoms with Crippen LogP contribution in [-0.2, 0) is 4.79 Å². The van der Waals surface area contributed by atoms with Crippen molar-refractivity contribution < 1.29 is 4.79 Å². The molecule has 0 aliphatic carbocycles. The predicted molar refractivity (Wildman–Crippen MR) is 112 cm³/mol. The Hall–Kier alpha value is -2.53. The third kappa shape index (κ3) is 3.53. The zero-order chi connectivity index (χ0) is 18.6. The molecule has 3 heteroatoms. The van der Waals surface area contributed by atoms with Gasteiger partial charge in [-0.25, -0.2) is 4.79 Å². The van der Waals surface area contributed by atoms with Gasteiger partial charge in [0.1, 0.15) is 23.2 Å². The fourth-order valence-corrected chi connectivity index (χ4v) is 6.85. The summed E-state index contributed by atoms with van der Waals surface area (Å²) in [6.07, 6.45) is 2.21. The maximum atomic E-state index is 11.0. The Balaban J connectivity index is 2.32. The fraction of sp³-hybridized carbons (Fsp3) is 0.174. The van der Waals surface area contributed by atoms with Crippen LogP contribution in [0.2, 0.25) is 0 Å². The molecule has 0 aliphatic heterocycles. The van der Waals surface area contributed by atoms with Crippen LogP contribution in [0.3, 0.4) is 0 Å². The van der Waals surface area contributed by atoms with Crippen LogP contribution in [0.15, 0.2) is 77.8 Å². The van der Waals surface area contributed by atoms with E-state index in [-0.39, 0.29) is 0 Å². The van der Waals surface area contributed by atoms with Gasteiger partial charge < -0.3 is 0 Å². The van der Waals surface area contributed by atoms with Crippen LogP contribution in [0.4, 0.5) is 0 Å². The molecule has 0 spiro atoms. The minimum absolute atomic E-state index is 0.436. The molecular weight excluding hydrogens is 337 g/mol. The highest BCUT2D eigenvalue weighted by molar-refractivity contribution is 7.95. The van der Waals surface area contributed by atoms with Gasteiger partial charge in [-0.05, 0) is 57.2 Å². The zero-order valence-electron chi connectivity index (χ0n) is 15.4. The summed E-state index contributed by atoms with van der Waals surface area (Å²) in [5.74, 6) is 0. The number of hydrogen-bond acceptors (Lipinski definition) is 2. The largest absolute Gasteiger partial charge is 0.238 e. The van der Waals surface area contributed by atoms with E-state index in [2.05, 4.69) is 98.6 Å². The molecule has 130 valence electrons. The van der Waals surface area contributed by atoms with Crippen LogP contribution in [0.1, 0.15) is 16.7 Å². The molecular formula is C23H23NOP+. The molecule has 0 aromatic heterocycles.